The van der Waals surface area contributed by atoms with Crippen molar-refractivity contribution in [2.45, 2.75) is 10.4 Å². The monoisotopic (exact) mass is 262 g/mol. The molecule has 0 fully saturated rings. The number of anilines is 1. The Morgan fingerprint density at radius 1 is 1.33 bits per heavy atom. The Balaban J connectivity index is 2.23. The summed E-state index contributed by atoms with van der Waals surface area (Å²) in [5.74, 6) is 0.213. The maximum Gasteiger partial charge on any atom is 0.253 e. The van der Waals surface area contributed by atoms with Crippen molar-refractivity contribution in [3.05, 3.63) is 52.3 Å². The molecule has 2 rings (SSSR count). The molecule has 6 heteroatoms. The van der Waals surface area contributed by atoms with Crippen molar-refractivity contribution in [3.8, 4) is 0 Å². The first-order valence-corrected chi connectivity index (χ1v) is 6.35. The van der Waals surface area contributed by atoms with Crippen LogP contribution in [0.15, 0.2) is 46.3 Å². The number of aromatic amines is 1. The molecule has 1 atom stereocenters. The Hall–Kier alpha value is -1.79. The van der Waals surface area contributed by atoms with Gasteiger partial charge in [0.05, 0.1) is 0 Å². The van der Waals surface area contributed by atoms with Gasteiger partial charge in [0.1, 0.15) is 5.82 Å². The van der Waals surface area contributed by atoms with Crippen LogP contribution in [-0.4, -0.2) is 16.5 Å². The first-order chi connectivity index (χ1) is 8.69. The number of nitrogens with two attached hydrogens (primary N) is 2. The van der Waals surface area contributed by atoms with Crippen molar-refractivity contribution in [2.75, 3.05) is 12.3 Å². The van der Waals surface area contributed by atoms with E-state index in [0.717, 1.165) is 5.56 Å². The van der Waals surface area contributed by atoms with E-state index in [1.165, 1.54) is 17.8 Å². The van der Waals surface area contributed by atoms with Crippen LogP contribution in [0.2, 0.25) is 0 Å². The van der Waals surface area contributed by atoms with Gasteiger partial charge in [-0.15, -0.1) is 0 Å². The van der Waals surface area contributed by atoms with E-state index in [2.05, 4.69) is 9.97 Å². The summed E-state index contributed by atoms with van der Waals surface area (Å²) >= 11 is 1.40. The van der Waals surface area contributed by atoms with Gasteiger partial charge in [0.2, 0.25) is 0 Å². The van der Waals surface area contributed by atoms with Crippen molar-refractivity contribution in [1.82, 2.24) is 9.97 Å². The van der Waals surface area contributed by atoms with Gasteiger partial charge in [-0.3, -0.25) is 4.79 Å². The molecule has 0 aliphatic rings. The van der Waals surface area contributed by atoms with Crippen LogP contribution < -0.4 is 17.0 Å². The number of hydrogen-bond donors (Lipinski definition) is 3. The predicted octanol–water partition coefficient (Wildman–Crippen LogP) is 1.14. The quantitative estimate of drug-likeness (QED) is 0.567. The van der Waals surface area contributed by atoms with Crippen LogP contribution in [0.3, 0.4) is 0 Å². The van der Waals surface area contributed by atoms with E-state index < -0.39 is 0 Å². The molecule has 1 aromatic heterocycles. The Labute approximate surface area is 109 Å². The molecule has 1 unspecified atom stereocenters. The lowest BCUT2D eigenvalue weighted by atomic mass is 10.1. The van der Waals surface area contributed by atoms with E-state index >= 15 is 0 Å². The van der Waals surface area contributed by atoms with Crippen LogP contribution in [-0.2, 0) is 0 Å². The highest BCUT2D eigenvalue weighted by Crippen LogP contribution is 2.31. The van der Waals surface area contributed by atoms with E-state index in [1.807, 2.05) is 30.3 Å². The molecule has 5 N–H and O–H groups in total. The average molecular weight is 262 g/mol. The summed E-state index contributed by atoms with van der Waals surface area (Å²) in [7, 11) is 0. The van der Waals surface area contributed by atoms with Crippen LogP contribution in [0.25, 0.3) is 0 Å². The number of thioether (sulfide) groups is 1. The summed E-state index contributed by atoms with van der Waals surface area (Å²) in [5.41, 5.74) is 12.1. The zero-order chi connectivity index (χ0) is 13.0. The molecular formula is C12H14N4OS. The summed E-state index contributed by atoms with van der Waals surface area (Å²) in [6.07, 6.45) is 0. The lowest BCUT2D eigenvalue weighted by molar-refractivity contribution is 0.901. The molecule has 18 heavy (non-hydrogen) atoms. The van der Waals surface area contributed by atoms with Crippen molar-refractivity contribution in [2.24, 2.45) is 5.73 Å². The van der Waals surface area contributed by atoms with Crippen LogP contribution in [0, 0.1) is 0 Å². The van der Waals surface area contributed by atoms with Gasteiger partial charge in [-0.05, 0) is 5.56 Å². The van der Waals surface area contributed by atoms with Crippen LogP contribution in [0.5, 0.6) is 0 Å². The third kappa shape index (κ3) is 3.12. The van der Waals surface area contributed by atoms with Crippen LogP contribution >= 0.6 is 11.8 Å². The van der Waals surface area contributed by atoms with Gasteiger partial charge >= 0.3 is 0 Å². The largest absolute Gasteiger partial charge is 0.383 e. The normalized spacial score (nSPS) is 12.3. The highest BCUT2D eigenvalue weighted by molar-refractivity contribution is 7.99. The molecule has 1 heterocycles. The summed E-state index contributed by atoms with van der Waals surface area (Å²) in [6, 6.07) is 11.1. The minimum absolute atomic E-state index is 0.0381. The van der Waals surface area contributed by atoms with E-state index in [4.69, 9.17) is 11.5 Å². The van der Waals surface area contributed by atoms with Crippen molar-refractivity contribution < 1.29 is 0 Å². The molecule has 2 aromatic rings. The number of aromatic nitrogens is 2. The van der Waals surface area contributed by atoms with Crippen molar-refractivity contribution in [3.63, 3.8) is 0 Å². The van der Waals surface area contributed by atoms with Crippen LogP contribution in [0.4, 0.5) is 5.82 Å². The molecular weight excluding hydrogens is 248 g/mol. The molecule has 0 radical (unpaired) electrons. The number of nitrogen functional groups attached to an aromatic ring is 1. The second kappa shape index (κ2) is 5.70. The molecule has 1 aromatic carbocycles. The predicted molar refractivity (Wildman–Crippen MR) is 73.4 cm³/mol. The molecule has 0 aliphatic heterocycles. The number of nitrogens with one attached hydrogen (secondary N) is 1. The Bertz CT molecular complexity index is 570. The molecule has 0 amide bonds. The standard InChI is InChI=1S/C12H14N4OS/c13-7-9(8-4-2-1-3-5-8)18-12-15-10(14)6-11(17)16-12/h1-6,9H,7,13H2,(H3,14,15,16,17). The van der Waals surface area contributed by atoms with Gasteiger partial charge in [0.15, 0.2) is 5.16 Å². The minimum atomic E-state index is -0.256. The summed E-state index contributed by atoms with van der Waals surface area (Å²) < 4.78 is 0. The topological polar surface area (TPSA) is 97.8 Å². The lowest BCUT2D eigenvalue weighted by Crippen LogP contribution is -2.13. The van der Waals surface area contributed by atoms with Crippen LogP contribution in [0.1, 0.15) is 10.8 Å². The first-order valence-electron chi connectivity index (χ1n) is 5.47. The van der Waals surface area contributed by atoms with Crippen molar-refractivity contribution in [1.29, 1.82) is 0 Å². The SMILES string of the molecule is NCC(Sc1nc(N)cc(=O)[nH]1)c1ccccc1. The maximum atomic E-state index is 11.3. The Kier molecular flexibility index (Phi) is 4.01. The third-order valence-corrected chi connectivity index (χ3v) is 3.54. The zero-order valence-corrected chi connectivity index (χ0v) is 10.5. The second-order valence-corrected chi connectivity index (χ2v) is 4.92. The molecule has 5 nitrogen and oxygen atoms in total. The molecule has 0 spiro atoms. The number of rotatable bonds is 4. The summed E-state index contributed by atoms with van der Waals surface area (Å²) in [4.78, 5) is 18.0. The Morgan fingerprint density at radius 2 is 2.06 bits per heavy atom. The Morgan fingerprint density at radius 3 is 2.67 bits per heavy atom. The summed E-state index contributed by atoms with van der Waals surface area (Å²) in [6.45, 7) is 0.452. The highest BCUT2D eigenvalue weighted by Gasteiger charge is 2.12. The lowest BCUT2D eigenvalue weighted by Gasteiger charge is -2.13. The number of H-pyrrole nitrogens is 1. The van der Waals surface area contributed by atoms with Gasteiger partial charge in [-0.25, -0.2) is 4.98 Å². The first kappa shape index (κ1) is 12.7. The molecule has 0 bridgehead atoms. The number of benzene rings is 1. The third-order valence-electron chi connectivity index (χ3n) is 2.38. The van der Waals surface area contributed by atoms with Gasteiger partial charge in [-0.1, -0.05) is 42.1 Å². The highest BCUT2D eigenvalue weighted by atomic mass is 32.2. The fourth-order valence-corrected chi connectivity index (χ4v) is 2.54. The fourth-order valence-electron chi connectivity index (χ4n) is 1.56. The maximum absolute atomic E-state index is 11.3. The summed E-state index contributed by atoms with van der Waals surface area (Å²) in [5, 5.41) is 0.524. The number of hydrogen-bond acceptors (Lipinski definition) is 5. The van der Waals surface area contributed by atoms with Gasteiger partial charge in [-0.2, -0.15) is 0 Å². The van der Waals surface area contributed by atoms with Gasteiger partial charge < -0.3 is 16.5 Å². The molecule has 0 saturated carbocycles. The smallest absolute Gasteiger partial charge is 0.253 e. The zero-order valence-electron chi connectivity index (χ0n) is 9.67. The molecule has 0 aliphatic carbocycles. The molecule has 0 saturated heterocycles. The van der Waals surface area contributed by atoms with E-state index in [0.29, 0.717) is 11.7 Å². The minimum Gasteiger partial charge on any atom is -0.383 e. The average Bonchev–Trinajstić information content (AvgIpc) is 2.36. The van der Waals surface area contributed by atoms with Crippen molar-refractivity contribution >= 4 is 17.6 Å². The van der Waals surface area contributed by atoms with Gasteiger partial charge in [0.25, 0.3) is 5.56 Å². The van der Waals surface area contributed by atoms with Gasteiger partial charge in [0, 0.05) is 17.9 Å². The fraction of sp³-hybridized carbons (Fsp3) is 0.167. The van der Waals surface area contributed by atoms with E-state index in [-0.39, 0.29) is 16.6 Å². The van der Waals surface area contributed by atoms with E-state index in [9.17, 15) is 4.79 Å². The number of nitrogens with zero attached hydrogens (tertiary/aromatic N) is 1. The van der Waals surface area contributed by atoms with E-state index in [1.54, 1.807) is 0 Å². The molecule has 94 valence electrons. The second-order valence-electron chi connectivity index (χ2n) is 3.73.